The van der Waals surface area contributed by atoms with Crippen LogP contribution in [0.4, 0.5) is 11.6 Å². The molecule has 3 aromatic rings. The first-order valence-corrected chi connectivity index (χ1v) is 11.2. The Labute approximate surface area is 175 Å². The van der Waals surface area contributed by atoms with Crippen molar-refractivity contribution in [2.75, 3.05) is 37.4 Å². The lowest BCUT2D eigenvalue weighted by molar-refractivity contribution is 0.102. The number of amides is 1. The van der Waals surface area contributed by atoms with E-state index < -0.39 is 15.9 Å². The number of carbonyl (C=O) groups excluding carboxylic acids is 1. The molecule has 0 unspecified atom stereocenters. The predicted octanol–water partition coefficient (Wildman–Crippen LogP) is 2.73. The lowest BCUT2D eigenvalue weighted by Gasteiger charge is -2.20. The summed E-state index contributed by atoms with van der Waals surface area (Å²) in [5, 5.41) is 2.84. The zero-order chi connectivity index (χ0) is 21.3. The molecule has 1 N–H and O–H groups in total. The average Bonchev–Trinajstić information content (AvgIpc) is 3.28. The second-order valence-corrected chi connectivity index (χ2v) is 9.50. The fraction of sp³-hybridized carbons (Fsp3) is 0.286. The molecule has 1 aliphatic heterocycles. The van der Waals surface area contributed by atoms with Crippen molar-refractivity contribution in [3.05, 3.63) is 54.1 Å². The fourth-order valence-corrected chi connectivity index (χ4v) is 4.36. The molecule has 0 atom stereocenters. The Kier molecular flexibility index (Phi) is 5.40. The number of rotatable bonds is 5. The Hall–Kier alpha value is -3.04. The summed E-state index contributed by atoms with van der Waals surface area (Å²) in [6.07, 6.45) is 2.12. The topological polar surface area (TPSA) is 95.5 Å². The van der Waals surface area contributed by atoms with Gasteiger partial charge in [-0.2, -0.15) is 0 Å². The third-order valence-electron chi connectivity index (χ3n) is 5.06. The van der Waals surface area contributed by atoms with Crippen LogP contribution in [0.1, 0.15) is 23.2 Å². The number of benzene rings is 2. The maximum Gasteiger partial charge on any atom is 0.256 e. The summed E-state index contributed by atoms with van der Waals surface area (Å²) in [5.74, 6) is 0.578. The van der Waals surface area contributed by atoms with Gasteiger partial charge in [0.25, 0.3) is 5.91 Å². The zero-order valence-electron chi connectivity index (χ0n) is 16.9. The zero-order valence-corrected chi connectivity index (χ0v) is 17.7. The average molecular weight is 426 g/mol. The van der Waals surface area contributed by atoms with Crippen LogP contribution in [0.3, 0.4) is 0 Å². The van der Waals surface area contributed by atoms with Crippen LogP contribution in [0.15, 0.2) is 53.4 Å². The molecule has 0 bridgehead atoms. The smallest absolute Gasteiger partial charge is 0.256 e. The van der Waals surface area contributed by atoms with E-state index in [9.17, 15) is 13.2 Å². The maximum atomic E-state index is 13.0. The van der Waals surface area contributed by atoms with Crippen LogP contribution in [-0.4, -0.2) is 55.8 Å². The number of hydrogen-bond acceptors (Lipinski definition) is 6. The van der Waals surface area contributed by atoms with Gasteiger partial charge in [0.05, 0.1) is 15.9 Å². The number of nitrogens with one attached hydrogen (secondary N) is 1. The molecule has 0 saturated carbocycles. The third kappa shape index (κ3) is 3.86. The van der Waals surface area contributed by atoms with E-state index in [-0.39, 0.29) is 10.5 Å². The SMILES string of the molecule is CN(C)S(=O)(=O)c1cccc(C(=O)Nc2nc3ccccc3nc2N2CCCC2)c1. The third-order valence-corrected chi connectivity index (χ3v) is 6.88. The Morgan fingerprint density at radius 3 is 2.33 bits per heavy atom. The van der Waals surface area contributed by atoms with Crippen LogP contribution in [0.2, 0.25) is 0 Å². The van der Waals surface area contributed by atoms with Gasteiger partial charge in [-0.15, -0.1) is 0 Å². The van der Waals surface area contributed by atoms with Crippen molar-refractivity contribution in [1.29, 1.82) is 0 Å². The summed E-state index contributed by atoms with van der Waals surface area (Å²) in [6.45, 7) is 1.71. The molecule has 1 aromatic heterocycles. The largest absolute Gasteiger partial charge is 0.354 e. The number of carbonyl (C=O) groups is 1. The first-order chi connectivity index (χ1) is 14.4. The van der Waals surface area contributed by atoms with Gasteiger partial charge >= 0.3 is 0 Å². The molecular weight excluding hydrogens is 402 g/mol. The van der Waals surface area contributed by atoms with E-state index in [4.69, 9.17) is 4.98 Å². The van der Waals surface area contributed by atoms with Crippen LogP contribution in [0.5, 0.6) is 0 Å². The van der Waals surface area contributed by atoms with Crippen molar-refractivity contribution in [2.45, 2.75) is 17.7 Å². The second-order valence-electron chi connectivity index (χ2n) is 7.35. The monoisotopic (exact) mass is 425 g/mol. The van der Waals surface area contributed by atoms with E-state index in [2.05, 4.69) is 15.2 Å². The van der Waals surface area contributed by atoms with Gasteiger partial charge in [0.1, 0.15) is 0 Å². The number of aromatic nitrogens is 2. The minimum Gasteiger partial charge on any atom is -0.354 e. The summed E-state index contributed by atoms with van der Waals surface area (Å²) in [6, 6.07) is 13.5. The molecule has 8 nitrogen and oxygen atoms in total. The normalized spacial score (nSPS) is 14.4. The number of anilines is 2. The van der Waals surface area contributed by atoms with Crippen molar-refractivity contribution in [3.8, 4) is 0 Å². The standard InChI is InChI=1S/C21H23N5O3S/c1-25(2)30(28,29)16-9-7-8-15(14-16)21(27)24-19-20(26-12-5-6-13-26)23-18-11-4-3-10-17(18)22-19/h3-4,7-11,14H,5-6,12-13H2,1-2H3,(H,22,24,27). The van der Waals surface area contributed by atoms with Gasteiger partial charge in [0.15, 0.2) is 11.6 Å². The summed E-state index contributed by atoms with van der Waals surface area (Å²) in [7, 11) is -0.732. The van der Waals surface area contributed by atoms with Crippen LogP contribution in [0, 0.1) is 0 Å². The number of fused-ring (bicyclic) bond motifs is 1. The van der Waals surface area contributed by atoms with E-state index in [0.717, 1.165) is 35.8 Å². The molecule has 1 fully saturated rings. The van der Waals surface area contributed by atoms with Crippen LogP contribution in [0.25, 0.3) is 11.0 Å². The molecule has 1 aliphatic rings. The van der Waals surface area contributed by atoms with Crippen molar-refractivity contribution in [1.82, 2.24) is 14.3 Å². The van der Waals surface area contributed by atoms with Gasteiger partial charge < -0.3 is 10.2 Å². The molecule has 0 aliphatic carbocycles. The molecule has 0 spiro atoms. The maximum absolute atomic E-state index is 13.0. The first-order valence-electron chi connectivity index (χ1n) is 9.72. The van der Waals surface area contributed by atoms with Gasteiger partial charge in [0, 0.05) is 32.7 Å². The molecule has 30 heavy (non-hydrogen) atoms. The van der Waals surface area contributed by atoms with Gasteiger partial charge in [0.2, 0.25) is 10.0 Å². The highest BCUT2D eigenvalue weighted by Gasteiger charge is 2.22. The van der Waals surface area contributed by atoms with E-state index in [0.29, 0.717) is 17.2 Å². The highest BCUT2D eigenvalue weighted by atomic mass is 32.2. The summed E-state index contributed by atoms with van der Waals surface area (Å²) >= 11 is 0. The fourth-order valence-electron chi connectivity index (χ4n) is 3.41. The summed E-state index contributed by atoms with van der Waals surface area (Å²) in [5.41, 5.74) is 1.68. The molecule has 1 saturated heterocycles. The van der Waals surface area contributed by atoms with E-state index in [1.54, 1.807) is 12.1 Å². The minimum absolute atomic E-state index is 0.0597. The van der Waals surface area contributed by atoms with Crippen molar-refractivity contribution < 1.29 is 13.2 Å². The quantitative estimate of drug-likeness (QED) is 0.675. The van der Waals surface area contributed by atoms with Crippen molar-refractivity contribution in [2.24, 2.45) is 0 Å². The van der Waals surface area contributed by atoms with Crippen LogP contribution >= 0.6 is 0 Å². The van der Waals surface area contributed by atoms with Crippen molar-refractivity contribution in [3.63, 3.8) is 0 Å². The molecular formula is C21H23N5O3S. The second kappa shape index (κ2) is 8.00. The summed E-state index contributed by atoms with van der Waals surface area (Å²) < 4.78 is 25.9. The molecule has 4 rings (SSSR count). The van der Waals surface area contributed by atoms with Crippen LogP contribution in [-0.2, 0) is 10.0 Å². The highest BCUT2D eigenvalue weighted by molar-refractivity contribution is 7.89. The van der Waals surface area contributed by atoms with Gasteiger partial charge in [-0.05, 0) is 43.2 Å². The molecule has 1 amide bonds. The van der Waals surface area contributed by atoms with Gasteiger partial charge in [-0.3, -0.25) is 4.79 Å². The Bertz CT molecular complexity index is 1200. The van der Waals surface area contributed by atoms with Gasteiger partial charge in [-0.25, -0.2) is 22.7 Å². The number of para-hydroxylation sites is 2. The van der Waals surface area contributed by atoms with E-state index in [1.165, 1.54) is 26.2 Å². The number of nitrogens with zero attached hydrogens (tertiary/aromatic N) is 4. The number of hydrogen-bond donors (Lipinski definition) is 1. The highest BCUT2D eigenvalue weighted by Crippen LogP contribution is 2.28. The minimum atomic E-state index is -3.64. The molecule has 2 aromatic carbocycles. The van der Waals surface area contributed by atoms with E-state index in [1.807, 2.05) is 24.3 Å². The molecule has 156 valence electrons. The summed E-state index contributed by atoms with van der Waals surface area (Å²) in [4.78, 5) is 24.5. The van der Waals surface area contributed by atoms with Gasteiger partial charge in [-0.1, -0.05) is 18.2 Å². The number of sulfonamides is 1. The molecule has 9 heteroatoms. The Balaban J connectivity index is 1.70. The lowest BCUT2D eigenvalue weighted by atomic mass is 10.2. The molecule has 0 radical (unpaired) electrons. The van der Waals surface area contributed by atoms with Crippen molar-refractivity contribution >= 4 is 38.6 Å². The Morgan fingerprint density at radius 2 is 1.67 bits per heavy atom. The lowest BCUT2D eigenvalue weighted by Crippen LogP contribution is -2.24. The van der Waals surface area contributed by atoms with E-state index >= 15 is 0 Å². The molecule has 2 heterocycles. The van der Waals surface area contributed by atoms with Crippen LogP contribution < -0.4 is 10.2 Å². The first kappa shape index (κ1) is 20.2. The predicted molar refractivity (Wildman–Crippen MR) is 116 cm³/mol. The Morgan fingerprint density at radius 1 is 1.00 bits per heavy atom.